The molecular weight excluding hydrogens is 305 g/mol. The Balaban J connectivity index is 2.02. The SMILES string of the molecule is C[C@H](Nc1ccc(F)c(Cl)c1)C(=O)Nc1cccc(C#N)c1. The van der Waals surface area contributed by atoms with E-state index in [1.165, 1.54) is 18.2 Å². The van der Waals surface area contributed by atoms with Crippen LogP contribution in [0.2, 0.25) is 5.02 Å². The summed E-state index contributed by atoms with van der Waals surface area (Å²) in [7, 11) is 0. The van der Waals surface area contributed by atoms with Crippen LogP contribution >= 0.6 is 11.6 Å². The zero-order valence-electron chi connectivity index (χ0n) is 11.7. The van der Waals surface area contributed by atoms with E-state index in [4.69, 9.17) is 16.9 Å². The molecule has 112 valence electrons. The molecule has 0 heterocycles. The molecule has 0 radical (unpaired) electrons. The van der Waals surface area contributed by atoms with E-state index in [9.17, 15) is 9.18 Å². The van der Waals surface area contributed by atoms with Gasteiger partial charge < -0.3 is 10.6 Å². The lowest BCUT2D eigenvalue weighted by Gasteiger charge is -2.15. The van der Waals surface area contributed by atoms with Crippen molar-refractivity contribution in [3.8, 4) is 6.07 Å². The molecule has 0 aliphatic heterocycles. The Morgan fingerprint density at radius 1 is 1.27 bits per heavy atom. The summed E-state index contributed by atoms with van der Waals surface area (Å²) >= 11 is 5.69. The molecule has 1 amide bonds. The maximum Gasteiger partial charge on any atom is 0.246 e. The van der Waals surface area contributed by atoms with Gasteiger partial charge in [-0.05, 0) is 43.3 Å². The number of nitriles is 1. The lowest BCUT2D eigenvalue weighted by Crippen LogP contribution is -2.31. The molecule has 2 rings (SSSR count). The average molecular weight is 318 g/mol. The molecule has 2 aromatic rings. The van der Waals surface area contributed by atoms with Gasteiger partial charge in [-0.3, -0.25) is 4.79 Å². The summed E-state index contributed by atoms with van der Waals surface area (Å²) in [5.41, 5.74) is 1.54. The summed E-state index contributed by atoms with van der Waals surface area (Å²) in [6, 6.07) is 12.2. The second-order valence-corrected chi connectivity index (χ2v) is 5.08. The summed E-state index contributed by atoms with van der Waals surface area (Å²) in [4.78, 5) is 12.1. The van der Waals surface area contributed by atoms with Crippen molar-refractivity contribution >= 4 is 28.9 Å². The number of nitrogens with zero attached hydrogens (tertiary/aromatic N) is 1. The largest absolute Gasteiger partial charge is 0.374 e. The van der Waals surface area contributed by atoms with Gasteiger partial charge in [0.25, 0.3) is 0 Å². The molecule has 0 aliphatic carbocycles. The number of hydrogen-bond donors (Lipinski definition) is 2. The number of halogens is 2. The van der Waals surface area contributed by atoms with E-state index in [-0.39, 0.29) is 10.9 Å². The third kappa shape index (κ3) is 3.96. The van der Waals surface area contributed by atoms with Gasteiger partial charge in [0.05, 0.1) is 16.7 Å². The highest BCUT2D eigenvalue weighted by molar-refractivity contribution is 6.31. The quantitative estimate of drug-likeness (QED) is 0.901. The standard InChI is InChI=1S/C16H13ClFN3O/c1-10(20-13-5-6-15(18)14(17)8-13)16(22)21-12-4-2-3-11(7-12)9-19/h2-8,10,20H,1H3,(H,21,22)/t10-/m0/s1. The van der Waals surface area contributed by atoms with Gasteiger partial charge in [-0.25, -0.2) is 4.39 Å². The van der Waals surface area contributed by atoms with Gasteiger partial charge in [-0.2, -0.15) is 5.26 Å². The number of benzene rings is 2. The molecule has 2 aromatic carbocycles. The summed E-state index contributed by atoms with van der Waals surface area (Å²) in [5.74, 6) is -0.798. The van der Waals surface area contributed by atoms with Gasteiger partial charge in [-0.1, -0.05) is 17.7 Å². The van der Waals surface area contributed by atoms with Crippen molar-refractivity contribution in [1.82, 2.24) is 0 Å². The Bertz CT molecular complexity index is 742. The number of carbonyl (C=O) groups excluding carboxylic acids is 1. The minimum atomic E-state index is -0.563. The van der Waals surface area contributed by atoms with Crippen LogP contribution in [0.15, 0.2) is 42.5 Å². The van der Waals surface area contributed by atoms with Crippen molar-refractivity contribution in [2.75, 3.05) is 10.6 Å². The number of amides is 1. The van der Waals surface area contributed by atoms with Crippen LogP contribution in [0.3, 0.4) is 0 Å². The van der Waals surface area contributed by atoms with Crippen molar-refractivity contribution in [3.05, 3.63) is 58.9 Å². The molecule has 6 heteroatoms. The molecule has 0 fully saturated rings. The highest BCUT2D eigenvalue weighted by Gasteiger charge is 2.13. The van der Waals surface area contributed by atoms with Crippen LogP contribution in [0, 0.1) is 17.1 Å². The average Bonchev–Trinajstić information content (AvgIpc) is 2.51. The van der Waals surface area contributed by atoms with Gasteiger partial charge in [-0.15, -0.1) is 0 Å². The van der Waals surface area contributed by atoms with Crippen LogP contribution in [0.25, 0.3) is 0 Å². The fourth-order valence-corrected chi connectivity index (χ4v) is 2.00. The third-order valence-corrected chi connectivity index (χ3v) is 3.24. The molecule has 0 saturated heterocycles. The van der Waals surface area contributed by atoms with Crippen molar-refractivity contribution in [1.29, 1.82) is 5.26 Å². The predicted octanol–water partition coefficient (Wildman–Crippen LogP) is 3.79. The molecule has 0 spiro atoms. The number of hydrogen-bond acceptors (Lipinski definition) is 3. The minimum Gasteiger partial charge on any atom is -0.374 e. The summed E-state index contributed by atoms with van der Waals surface area (Å²) in [6.45, 7) is 1.67. The first kappa shape index (κ1) is 15.8. The first-order chi connectivity index (χ1) is 10.5. The predicted molar refractivity (Wildman–Crippen MR) is 84.3 cm³/mol. The number of anilines is 2. The van der Waals surface area contributed by atoms with E-state index < -0.39 is 11.9 Å². The number of nitrogens with one attached hydrogen (secondary N) is 2. The third-order valence-electron chi connectivity index (χ3n) is 2.96. The molecule has 0 bridgehead atoms. The first-order valence-corrected chi connectivity index (χ1v) is 6.90. The maximum atomic E-state index is 13.1. The minimum absolute atomic E-state index is 0.0145. The molecule has 1 atom stereocenters. The number of carbonyl (C=O) groups is 1. The summed E-state index contributed by atoms with van der Waals surface area (Å²) < 4.78 is 13.1. The van der Waals surface area contributed by atoms with Crippen LogP contribution in [0.4, 0.5) is 15.8 Å². The normalized spacial score (nSPS) is 11.4. The fraction of sp³-hybridized carbons (Fsp3) is 0.125. The highest BCUT2D eigenvalue weighted by Crippen LogP contribution is 2.20. The zero-order chi connectivity index (χ0) is 16.1. The van der Waals surface area contributed by atoms with E-state index >= 15 is 0 Å². The van der Waals surface area contributed by atoms with Crippen LogP contribution in [0.1, 0.15) is 12.5 Å². The lowest BCUT2D eigenvalue weighted by atomic mass is 10.2. The molecular formula is C16H13ClFN3O. The Labute approximate surface area is 132 Å². The Morgan fingerprint density at radius 2 is 2.05 bits per heavy atom. The number of rotatable bonds is 4. The van der Waals surface area contributed by atoms with E-state index in [2.05, 4.69) is 10.6 Å². The van der Waals surface area contributed by atoms with Crippen LogP contribution in [-0.2, 0) is 4.79 Å². The van der Waals surface area contributed by atoms with Crippen molar-refractivity contribution in [2.24, 2.45) is 0 Å². The monoisotopic (exact) mass is 317 g/mol. The first-order valence-electron chi connectivity index (χ1n) is 6.52. The van der Waals surface area contributed by atoms with Crippen LogP contribution < -0.4 is 10.6 Å². The van der Waals surface area contributed by atoms with Gasteiger partial charge in [0.1, 0.15) is 11.9 Å². The summed E-state index contributed by atoms with van der Waals surface area (Å²) in [5, 5.41) is 14.4. The maximum absolute atomic E-state index is 13.1. The molecule has 0 unspecified atom stereocenters. The van der Waals surface area contributed by atoms with Gasteiger partial charge in [0.2, 0.25) is 5.91 Å². The molecule has 2 N–H and O–H groups in total. The Morgan fingerprint density at radius 3 is 2.73 bits per heavy atom. The van der Waals surface area contributed by atoms with Gasteiger partial charge in [0, 0.05) is 11.4 Å². The van der Waals surface area contributed by atoms with Crippen LogP contribution in [-0.4, -0.2) is 11.9 Å². The van der Waals surface area contributed by atoms with E-state index in [0.717, 1.165) is 0 Å². The van der Waals surface area contributed by atoms with Gasteiger partial charge >= 0.3 is 0 Å². The Hall–Kier alpha value is -2.58. The molecule has 0 aliphatic rings. The molecule has 0 aromatic heterocycles. The van der Waals surface area contributed by atoms with E-state index in [0.29, 0.717) is 16.9 Å². The smallest absolute Gasteiger partial charge is 0.246 e. The van der Waals surface area contributed by atoms with Crippen molar-refractivity contribution in [2.45, 2.75) is 13.0 Å². The Kier molecular flexibility index (Phi) is 4.97. The topological polar surface area (TPSA) is 64.9 Å². The highest BCUT2D eigenvalue weighted by atomic mass is 35.5. The van der Waals surface area contributed by atoms with Crippen molar-refractivity contribution < 1.29 is 9.18 Å². The lowest BCUT2D eigenvalue weighted by molar-refractivity contribution is -0.116. The molecule has 4 nitrogen and oxygen atoms in total. The van der Waals surface area contributed by atoms with Crippen LogP contribution in [0.5, 0.6) is 0 Å². The second-order valence-electron chi connectivity index (χ2n) is 4.68. The van der Waals surface area contributed by atoms with E-state index in [1.54, 1.807) is 31.2 Å². The zero-order valence-corrected chi connectivity index (χ0v) is 12.5. The molecule has 22 heavy (non-hydrogen) atoms. The van der Waals surface area contributed by atoms with Crippen molar-refractivity contribution in [3.63, 3.8) is 0 Å². The second kappa shape index (κ2) is 6.92. The molecule has 0 saturated carbocycles. The summed E-state index contributed by atoms with van der Waals surface area (Å²) in [6.07, 6.45) is 0. The van der Waals surface area contributed by atoms with Gasteiger partial charge in [0.15, 0.2) is 0 Å². The van der Waals surface area contributed by atoms with E-state index in [1.807, 2.05) is 6.07 Å². The fourth-order valence-electron chi connectivity index (χ4n) is 1.82.